The van der Waals surface area contributed by atoms with Gasteiger partial charge in [-0.1, -0.05) is 18.2 Å². The second-order valence-electron chi connectivity index (χ2n) is 3.42. The normalized spacial score (nSPS) is 10.4. The molecule has 0 radical (unpaired) electrons. The number of carboxylic acids is 1. The summed E-state index contributed by atoms with van der Waals surface area (Å²) in [5.74, 6) is -3.51. The number of Topliss-reactive ketones (excluding diaryl/α,β-unsaturated/α-hetero) is 1. The second-order valence-corrected chi connectivity index (χ2v) is 3.42. The number of aromatic amines is 1. The summed E-state index contributed by atoms with van der Waals surface area (Å²) >= 11 is 0. The molecule has 1 aromatic heterocycles. The Morgan fingerprint density at radius 1 is 1.18 bits per heavy atom. The van der Waals surface area contributed by atoms with E-state index >= 15 is 0 Å². The molecule has 0 aliphatic rings. The number of nitrogens with one attached hydrogen (secondary N) is 1. The van der Waals surface area contributed by atoms with Crippen molar-refractivity contribution in [3.63, 3.8) is 0 Å². The zero-order valence-electron chi connectivity index (χ0n) is 8.56. The maximum absolute atomic E-state index is 11.6. The number of fused-ring (bicyclic) bond motifs is 1. The smallest absolute Gasteiger partial charge is 0.353 e. The van der Waals surface area contributed by atoms with E-state index in [0.29, 0.717) is 10.9 Å². The summed E-state index contributed by atoms with van der Waals surface area (Å²) in [5, 5.41) is 9.33. The highest BCUT2D eigenvalue weighted by atomic mass is 16.4. The minimum atomic E-state index is -1.31. The Balaban J connectivity index is 2.81. The van der Waals surface area contributed by atoms with E-state index in [-0.39, 0.29) is 11.3 Å². The van der Waals surface area contributed by atoms with Gasteiger partial charge in [-0.05, 0) is 6.07 Å². The lowest BCUT2D eigenvalue weighted by molar-refractivity contribution is -0.114. The Morgan fingerprint density at radius 2 is 1.82 bits per heavy atom. The fourth-order valence-corrected chi connectivity index (χ4v) is 1.66. The van der Waals surface area contributed by atoms with E-state index in [9.17, 15) is 14.4 Å². The number of carbonyl (C=O) groups is 3. The molecule has 2 rings (SSSR count). The SMILES string of the molecule is NC(=O)C(=O)c1c(C(=O)O)[nH]c2ccccc12. The molecule has 0 fully saturated rings. The number of carbonyl (C=O) groups excluding carboxylic acids is 2. The van der Waals surface area contributed by atoms with Gasteiger partial charge in [-0.15, -0.1) is 0 Å². The molecule has 17 heavy (non-hydrogen) atoms. The number of rotatable bonds is 3. The van der Waals surface area contributed by atoms with Crippen LogP contribution in [0.3, 0.4) is 0 Å². The fourth-order valence-electron chi connectivity index (χ4n) is 1.66. The van der Waals surface area contributed by atoms with Crippen LogP contribution in [0.15, 0.2) is 24.3 Å². The zero-order valence-corrected chi connectivity index (χ0v) is 8.56. The lowest BCUT2D eigenvalue weighted by atomic mass is 10.1. The highest BCUT2D eigenvalue weighted by Crippen LogP contribution is 2.22. The molecule has 0 spiro atoms. The molecule has 0 unspecified atom stereocenters. The maximum Gasteiger partial charge on any atom is 0.353 e. The lowest BCUT2D eigenvalue weighted by Gasteiger charge is -1.96. The number of nitrogens with two attached hydrogens (primary N) is 1. The number of para-hydroxylation sites is 1. The number of amides is 1. The molecular formula is C11H8N2O4. The van der Waals surface area contributed by atoms with Gasteiger partial charge in [0, 0.05) is 10.9 Å². The Bertz CT molecular complexity index is 642. The molecule has 1 heterocycles. The van der Waals surface area contributed by atoms with Crippen LogP contribution < -0.4 is 5.73 Å². The minimum absolute atomic E-state index is 0.194. The van der Waals surface area contributed by atoms with Gasteiger partial charge in [0.1, 0.15) is 5.69 Å². The largest absolute Gasteiger partial charge is 0.477 e. The Hall–Kier alpha value is -2.63. The van der Waals surface area contributed by atoms with Crippen molar-refractivity contribution in [2.75, 3.05) is 0 Å². The predicted octanol–water partition coefficient (Wildman–Crippen LogP) is 0.534. The van der Waals surface area contributed by atoms with E-state index in [4.69, 9.17) is 10.8 Å². The summed E-state index contributed by atoms with van der Waals surface area (Å²) in [4.78, 5) is 36.0. The molecule has 0 saturated heterocycles. The van der Waals surface area contributed by atoms with Gasteiger partial charge < -0.3 is 15.8 Å². The molecule has 4 N–H and O–H groups in total. The number of aromatic nitrogens is 1. The van der Waals surface area contributed by atoms with E-state index in [1.165, 1.54) is 0 Å². The van der Waals surface area contributed by atoms with Crippen LogP contribution >= 0.6 is 0 Å². The molecule has 0 bridgehead atoms. The number of hydrogen-bond acceptors (Lipinski definition) is 3. The van der Waals surface area contributed by atoms with Crippen LogP contribution in [0.5, 0.6) is 0 Å². The number of primary amides is 1. The first-order valence-corrected chi connectivity index (χ1v) is 4.70. The van der Waals surface area contributed by atoms with Crippen LogP contribution in [0.1, 0.15) is 20.8 Å². The summed E-state index contributed by atoms with van der Waals surface area (Å²) in [5.41, 5.74) is 4.84. The molecular weight excluding hydrogens is 224 g/mol. The molecule has 0 saturated carbocycles. The third-order valence-electron chi connectivity index (χ3n) is 2.37. The third-order valence-corrected chi connectivity index (χ3v) is 2.37. The van der Waals surface area contributed by atoms with E-state index in [2.05, 4.69) is 4.98 Å². The van der Waals surface area contributed by atoms with Gasteiger partial charge >= 0.3 is 5.97 Å². The van der Waals surface area contributed by atoms with Crippen molar-refractivity contribution >= 4 is 28.6 Å². The highest BCUT2D eigenvalue weighted by Gasteiger charge is 2.25. The van der Waals surface area contributed by atoms with E-state index in [1.54, 1.807) is 24.3 Å². The molecule has 6 nitrogen and oxygen atoms in total. The van der Waals surface area contributed by atoms with Gasteiger partial charge in [0.25, 0.3) is 11.7 Å². The summed E-state index contributed by atoms with van der Waals surface area (Å²) in [6, 6.07) is 6.48. The van der Waals surface area contributed by atoms with Crippen molar-refractivity contribution in [1.82, 2.24) is 4.98 Å². The molecule has 6 heteroatoms. The van der Waals surface area contributed by atoms with Crippen molar-refractivity contribution in [3.8, 4) is 0 Å². The van der Waals surface area contributed by atoms with Crippen LogP contribution in [0.25, 0.3) is 10.9 Å². The van der Waals surface area contributed by atoms with Crippen LogP contribution in [-0.4, -0.2) is 27.8 Å². The number of hydrogen-bond donors (Lipinski definition) is 3. The van der Waals surface area contributed by atoms with Crippen LogP contribution in [0.4, 0.5) is 0 Å². The predicted molar refractivity (Wildman–Crippen MR) is 58.8 cm³/mol. The standard InChI is InChI=1S/C11H8N2O4/c12-10(15)9(14)7-5-3-1-2-4-6(5)13-8(7)11(16)17/h1-4,13H,(H2,12,15)(H,16,17). The fraction of sp³-hybridized carbons (Fsp3) is 0. The number of aromatic carboxylic acids is 1. The van der Waals surface area contributed by atoms with Gasteiger partial charge in [-0.3, -0.25) is 9.59 Å². The maximum atomic E-state index is 11.6. The van der Waals surface area contributed by atoms with Gasteiger partial charge in [0.05, 0.1) is 5.56 Å². The molecule has 86 valence electrons. The molecule has 2 aromatic rings. The van der Waals surface area contributed by atoms with Crippen molar-refractivity contribution in [2.45, 2.75) is 0 Å². The van der Waals surface area contributed by atoms with Crippen LogP contribution in [-0.2, 0) is 4.79 Å². The molecule has 0 aliphatic carbocycles. The van der Waals surface area contributed by atoms with E-state index < -0.39 is 17.7 Å². The quantitative estimate of drug-likeness (QED) is 0.529. The van der Waals surface area contributed by atoms with E-state index in [0.717, 1.165) is 0 Å². The highest BCUT2D eigenvalue weighted by molar-refractivity contribution is 6.45. The van der Waals surface area contributed by atoms with E-state index in [1.807, 2.05) is 0 Å². The number of carboxylic acid groups (broad SMARTS) is 1. The summed E-state index contributed by atoms with van der Waals surface area (Å²) in [6.07, 6.45) is 0. The summed E-state index contributed by atoms with van der Waals surface area (Å²) < 4.78 is 0. The molecule has 0 aliphatic heterocycles. The van der Waals surface area contributed by atoms with Gasteiger partial charge in [0.2, 0.25) is 0 Å². The Kier molecular flexibility index (Phi) is 2.40. The van der Waals surface area contributed by atoms with Crippen LogP contribution in [0.2, 0.25) is 0 Å². The Labute approximate surface area is 95.0 Å². The topological polar surface area (TPSA) is 113 Å². The average Bonchev–Trinajstić information content (AvgIpc) is 2.67. The van der Waals surface area contributed by atoms with Gasteiger partial charge in [0.15, 0.2) is 0 Å². The van der Waals surface area contributed by atoms with Crippen LogP contribution in [0, 0.1) is 0 Å². The second kappa shape index (κ2) is 3.75. The first kappa shape index (κ1) is 10.9. The van der Waals surface area contributed by atoms with Crippen molar-refractivity contribution in [3.05, 3.63) is 35.5 Å². The monoisotopic (exact) mass is 232 g/mol. The number of benzene rings is 1. The lowest BCUT2D eigenvalue weighted by Crippen LogP contribution is -2.24. The molecule has 1 amide bonds. The third kappa shape index (κ3) is 1.65. The first-order valence-electron chi connectivity index (χ1n) is 4.70. The van der Waals surface area contributed by atoms with Gasteiger partial charge in [-0.25, -0.2) is 4.79 Å². The molecule has 0 atom stereocenters. The van der Waals surface area contributed by atoms with Gasteiger partial charge in [-0.2, -0.15) is 0 Å². The minimum Gasteiger partial charge on any atom is -0.477 e. The van der Waals surface area contributed by atoms with Crippen molar-refractivity contribution in [1.29, 1.82) is 0 Å². The summed E-state index contributed by atoms with van der Waals surface area (Å²) in [6.45, 7) is 0. The summed E-state index contributed by atoms with van der Waals surface area (Å²) in [7, 11) is 0. The van der Waals surface area contributed by atoms with Crippen molar-refractivity contribution < 1.29 is 19.5 Å². The number of H-pyrrole nitrogens is 1. The number of ketones is 1. The van der Waals surface area contributed by atoms with Crippen molar-refractivity contribution in [2.24, 2.45) is 5.73 Å². The average molecular weight is 232 g/mol. The Morgan fingerprint density at radius 3 is 2.41 bits per heavy atom. The zero-order chi connectivity index (χ0) is 12.6. The first-order chi connectivity index (χ1) is 8.02. The molecule has 1 aromatic carbocycles.